The summed E-state index contributed by atoms with van der Waals surface area (Å²) in [6.07, 6.45) is -8.97. The molecule has 1 unspecified atom stereocenters. The van der Waals surface area contributed by atoms with Gasteiger partial charge in [0.05, 0.1) is 11.1 Å². The summed E-state index contributed by atoms with van der Waals surface area (Å²) in [5.41, 5.74) is -4.97. The lowest BCUT2D eigenvalue weighted by Crippen LogP contribution is -2.65. The van der Waals surface area contributed by atoms with Gasteiger partial charge in [0.25, 0.3) is 5.91 Å². The zero-order chi connectivity index (χ0) is 27.9. The molecule has 1 fully saturated rings. The molecule has 1 atom stereocenters. The number of aromatic amines is 1. The number of hydrogen-bond acceptors (Lipinski definition) is 4. The molecule has 4 rings (SSSR count). The molecule has 0 saturated carbocycles. The number of Topliss-reactive ketones (excluding diaryl/α,β-unsaturated/α-hetero) is 1. The number of nitrogens with zero attached hydrogens (tertiary/aromatic N) is 2. The fourth-order valence-electron chi connectivity index (χ4n) is 4.81. The second-order valence-electron chi connectivity index (χ2n) is 9.46. The van der Waals surface area contributed by atoms with Crippen LogP contribution in [0.5, 0.6) is 0 Å². The Kier molecular flexibility index (Phi) is 8.73. The summed E-state index contributed by atoms with van der Waals surface area (Å²) in [7, 11) is 2.84. The lowest BCUT2D eigenvalue weighted by Gasteiger charge is -2.42. The van der Waals surface area contributed by atoms with Gasteiger partial charge in [0.1, 0.15) is 0 Å². The number of fused-ring (bicyclic) bond motifs is 1. The summed E-state index contributed by atoms with van der Waals surface area (Å²) < 4.78 is 81.7. The Morgan fingerprint density at radius 3 is 2.03 bits per heavy atom. The van der Waals surface area contributed by atoms with Crippen LogP contribution in [0.2, 0.25) is 0 Å². The zero-order valence-corrected chi connectivity index (χ0v) is 21.9. The normalized spacial score (nSPS) is 16.2. The first-order valence-corrected chi connectivity index (χ1v) is 11.8. The second-order valence-corrected chi connectivity index (χ2v) is 9.46. The van der Waals surface area contributed by atoms with E-state index in [-0.39, 0.29) is 38.0 Å². The maximum Gasteiger partial charge on any atom is 0.416 e. The number of para-hydroxylation sites is 1. The van der Waals surface area contributed by atoms with Crippen LogP contribution in [0, 0.1) is 0 Å². The Bertz CT molecular complexity index is 1320. The minimum atomic E-state index is -5.14. The molecule has 2 aromatic carbocycles. The number of alkyl halides is 6. The predicted molar refractivity (Wildman–Crippen MR) is 136 cm³/mol. The predicted octanol–water partition coefficient (Wildman–Crippen LogP) is 4.78. The van der Waals surface area contributed by atoms with E-state index >= 15 is 0 Å². The molecule has 1 aliphatic rings. The number of nitrogens with one attached hydrogen (secondary N) is 2. The number of amides is 1. The van der Waals surface area contributed by atoms with E-state index in [9.17, 15) is 35.9 Å². The minimum Gasteiger partial charge on any atom is -0.361 e. The van der Waals surface area contributed by atoms with E-state index in [0.29, 0.717) is 41.7 Å². The van der Waals surface area contributed by atoms with Crippen LogP contribution in [0.1, 0.15) is 27.0 Å². The number of likely N-dealkylation sites (N-methyl/N-ethyl adjacent to an activating group) is 1. The number of hydrogen-bond donors (Lipinski definition) is 2. The molecule has 1 amide bonds. The van der Waals surface area contributed by atoms with Crippen molar-refractivity contribution >= 4 is 35.0 Å². The average Bonchev–Trinajstić information content (AvgIpc) is 3.28. The Morgan fingerprint density at radius 2 is 1.49 bits per heavy atom. The Labute approximate surface area is 226 Å². The molecule has 0 radical (unpaired) electrons. The molecule has 39 heavy (non-hydrogen) atoms. The molecule has 2 N–H and O–H groups in total. The van der Waals surface area contributed by atoms with Crippen LogP contribution in [0.25, 0.3) is 10.9 Å². The highest BCUT2D eigenvalue weighted by atomic mass is 35.5. The number of carbonyl (C=O) groups excluding carboxylic acids is 2. The summed E-state index contributed by atoms with van der Waals surface area (Å²) in [5.74, 6) is -1.84. The molecule has 1 aromatic heterocycles. The lowest BCUT2D eigenvalue weighted by atomic mass is 9.80. The molecule has 0 bridgehead atoms. The molecule has 0 aliphatic carbocycles. The molecule has 1 saturated heterocycles. The first-order chi connectivity index (χ1) is 17.7. The van der Waals surface area contributed by atoms with Crippen LogP contribution in [-0.4, -0.2) is 72.3 Å². The Morgan fingerprint density at radius 1 is 0.923 bits per heavy atom. The summed E-state index contributed by atoms with van der Waals surface area (Å²) in [4.78, 5) is 34.0. The number of rotatable bonds is 6. The quantitative estimate of drug-likeness (QED) is 0.252. The molecule has 13 heteroatoms. The first kappa shape index (κ1) is 30.5. The highest BCUT2D eigenvalue weighted by Crippen LogP contribution is 2.38. The van der Waals surface area contributed by atoms with Crippen molar-refractivity contribution in [1.29, 1.82) is 0 Å². The van der Waals surface area contributed by atoms with Crippen molar-refractivity contribution in [1.82, 2.24) is 20.1 Å². The summed E-state index contributed by atoms with van der Waals surface area (Å²) in [6, 6.07) is 7.80. The number of carbonyl (C=O) groups is 2. The highest BCUT2D eigenvalue weighted by Gasteiger charge is 2.51. The van der Waals surface area contributed by atoms with E-state index in [4.69, 9.17) is 0 Å². The maximum atomic E-state index is 14.2. The largest absolute Gasteiger partial charge is 0.416 e. The van der Waals surface area contributed by atoms with Crippen LogP contribution in [0.15, 0.2) is 48.7 Å². The number of halogens is 7. The standard InChI is InChI=1S/C26H26F6N4O2.ClH/c1-35(2)24(23(38)36-9-7-33-8-10-36,14-17-15-34-21-6-4-3-5-20(17)21)22(37)16-11-18(25(27,28)29)13-19(12-16)26(30,31)32;/h3-6,11-13,15,33-34H,7-10,14H2,1-2H3;1H. The molecule has 6 nitrogen and oxygen atoms in total. The van der Waals surface area contributed by atoms with Crippen LogP contribution in [0.3, 0.4) is 0 Å². The van der Waals surface area contributed by atoms with E-state index in [1.54, 1.807) is 30.5 Å². The van der Waals surface area contributed by atoms with Gasteiger partial charge in [-0.25, -0.2) is 0 Å². The first-order valence-electron chi connectivity index (χ1n) is 11.8. The number of piperazine rings is 1. The van der Waals surface area contributed by atoms with Crippen molar-refractivity contribution < 1.29 is 35.9 Å². The van der Waals surface area contributed by atoms with E-state index in [2.05, 4.69) is 10.3 Å². The van der Waals surface area contributed by atoms with Crippen molar-refractivity contribution in [3.05, 3.63) is 70.9 Å². The highest BCUT2D eigenvalue weighted by molar-refractivity contribution is 6.18. The molecule has 3 aromatic rings. The fourth-order valence-corrected chi connectivity index (χ4v) is 4.81. The van der Waals surface area contributed by atoms with Crippen molar-refractivity contribution in [3.63, 3.8) is 0 Å². The smallest absolute Gasteiger partial charge is 0.361 e. The Hall–Kier alpha value is -3.09. The summed E-state index contributed by atoms with van der Waals surface area (Å²) >= 11 is 0. The van der Waals surface area contributed by atoms with Gasteiger partial charge in [-0.3, -0.25) is 14.5 Å². The number of H-pyrrole nitrogens is 1. The van der Waals surface area contributed by atoms with Crippen LogP contribution >= 0.6 is 12.4 Å². The van der Waals surface area contributed by atoms with Gasteiger partial charge in [0.2, 0.25) is 0 Å². The lowest BCUT2D eigenvalue weighted by molar-refractivity contribution is -0.143. The zero-order valence-electron chi connectivity index (χ0n) is 21.0. The summed E-state index contributed by atoms with van der Waals surface area (Å²) in [6.45, 7) is 1.31. The fraction of sp³-hybridized carbons (Fsp3) is 0.385. The third-order valence-corrected chi connectivity index (χ3v) is 6.87. The van der Waals surface area contributed by atoms with Crippen molar-refractivity contribution in [3.8, 4) is 0 Å². The number of benzene rings is 2. The van der Waals surface area contributed by atoms with Gasteiger partial charge in [-0.15, -0.1) is 12.4 Å². The van der Waals surface area contributed by atoms with Crippen LogP contribution in [0.4, 0.5) is 26.3 Å². The summed E-state index contributed by atoms with van der Waals surface area (Å²) in [5, 5.41) is 3.76. The third-order valence-electron chi connectivity index (χ3n) is 6.87. The molecule has 212 valence electrons. The molecule has 0 spiro atoms. The average molecular weight is 577 g/mol. The van der Waals surface area contributed by atoms with E-state index in [0.717, 1.165) is 0 Å². The third kappa shape index (κ3) is 5.92. The second kappa shape index (κ2) is 11.2. The maximum absolute atomic E-state index is 14.2. The van der Waals surface area contributed by atoms with Gasteiger partial charge in [-0.1, -0.05) is 18.2 Å². The van der Waals surface area contributed by atoms with Gasteiger partial charge in [-0.05, 0) is 43.9 Å². The van der Waals surface area contributed by atoms with Crippen molar-refractivity contribution in [2.75, 3.05) is 40.3 Å². The van der Waals surface area contributed by atoms with Gasteiger partial charge in [-0.2, -0.15) is 26.3 Å². The molecular weight excluding hydrogens is 550 g/mol. The SMILES string of the molecule is CN(C)C(Cc1c[nH]c2ccccc12)(C(=O)c1cc(C(F)(F)F)cc(C(F)(F)F)c1)C(=O)N1CCNCC1.Cl. The van der Waals surface area contributed by atoms with E-state index in [1.165, 1.54) is 23.9 Å². The molecule has 1 aliphatic heterocycles. The van der Waals surface area contributed by atoms with Gasteiger partial charge in [0.15, 0.2) is 11.3 Å². The topological polar surface area (TPSA) is 68.4 Å². The van der Waals surface area contributed by atoms with E-state index in [1.807, 2.05) is 0 Å². The minimum absolute atomic E-state index is 0. The molecule has 2 heterocycles. The van der Waals surface area contributed by atoms with Crippen LogP contribution < -0.4 is 5.32 Å². The molecular formula is C26H27ClF6N4O2. The Balaban J connectivity index is 0.00000420. The monoisotopic (exact) mass is 576 g/mol. The van der Waals surface area contributed by atoms with Crippen molar-refractivity contribution in [2.45, 2.75) is 24.3 Å². The van der Waals surface area contributed by atoms with Gasteiger partial charge in [0, 0.05) is 55.3 Å². The number of ketones is 1. The number of aromatic nitrogens is 1. The van der Waals surface area contributed by atoms with Crippen molar-refractivity contribution in [2.24, 2.45) is 0 Å². The van der Waals surface area contributed by atoms with Gasteiger partial charge < -0.3 is 15.2 Å². The van der Waals surface area contributed by atoms with Crippen LogP contribution in [-0.2, 0) is 23.6 Å². The van der Waals surface area contributed by atoms with Gasteiger partial charge >= 0.3 is 12.4 Å². The van der Waals surface area contributed by atoms with E-state index < -0.39 is 46.3 Å².